The van der Waals surface area contributed by atoms with Crippen molar-refractivity contribution in [2.45, 2.75) is 25.7 Å². The van der Waals surface area contributed by atoms with Crippen LogP contribution < -0.4 is 9.47 Å². The van der Waals surface area contributed by atoms with Crippen molar-refractivity contribution in [2.75, 3.05) is 19.9 Å². The Hall–Kier alpha value is -2.87. The highest BCUT2D eigenvalue weighted by molar-refractivity contribution is 7.08. The van der Waals surface area contributed by atoms with Crippen LogP contribution in [0.1, 0.15) is 24.3 Å². The minimum absolute atomic E-state index is 0.137. The highest BCUT2D eigenvalue weighted by atomic mass is 32.1. The van der Waals surface area contributed by atoms with Crippen LogP contribution in [0.3, 0.4) is 0 Å². The molecule has 8 heteroatoms. The Balaban J connectivity index is 1.20. The zero-order valence-electron chi connectivity index (χ0n) is 15.9. The van der Waals surface area contributed by atoms with E-state index in [2.05, 4.69) is 10.1 Å². The van der Waals surface area contributed by atoms with Crippen LogP contribution in [0.2, 0.25) is 0 Å². The van der Waals surface area contributed by atoms with Gasteiger partial charge in [-0.15, -0.1) is 0 Å². The number of hydrogen-bond acceptors (Lipinski definition) is 7. The van der Waals surface area contributed by atoms with Crippen molar-refractivity contribution in [1.29, 1.82) is 0 Å². The van der Waals surface area contributed by atoms with Crippen molar-refractivity contribution in [1.82, 2.24) is 15.0 Å². The molecule has 1 atom stereocenters. The Morgan fingerprint density at radius 2 is 2.17 bits per heavy atom. The van der Waals surface area contributed by atoms with Gasteiger partial charge in [0.05, 0.1) is 6.42 Å². The SMILES string of the molecule is O=C(Cc1ccc2c(c1)OCO2)N1CCCC(Cc2nc(-c3ccsc3)no2)C1. The minimum Gasteiger partial charge on any atom is -0.454 e. The van der Waals surface area contributed by atoms with Crippen LogP contribution in [0, 0.1) is 5.92 Å². The van der Waals surface area contributed by atoms with Gasteiger partial charge >= 0.3 is 0 Å². The second-order valence-electron chi connectivity index (χ2n) is 7.44. The highest BCUT2D eigenvalue weighted by Gasteiger charge is 2.26. The molecule has 150 valence electrons. The maximum absolute atomic E-state index is 12.8. The summed E-state index contributed by atoms with van der Waals surface area (Å²) in [5.74, 6) is 3.19. The van der Waals surface area contributed by atoms with Crippen LogP contribution >= 0.6 is 11.3 Å². The van der Waals surface area contributed by atoms with Gasteiger partial charge in [0.1, 0.15) is 0 Å². The Morgan fingerprint density at radius 3 is 3.07 bits per heavy atom. The predicted molar refractivity (Wildman–Crippen MR) is 107 cm³/mol. The Morgan fingerprint density at radius 1 is 1.24 bits per heavy atom. The molecule has 2 aromatic heterocycles. The van der Waals surface area contributed by atoms with Crippen LogP contribution in [0.25, 0.3) is 11.4 Å². The summed E-state index contributed by atoms with van der Waals surface area (Å²) in [7, 11) is 0. The van der Waals surface area contributed by atoms with Crippen molar-refractivity contribution in [2.24, 2.45) is 5.92 Å². The molecule has 1 amide bonds. The van der Waals surface area contributed by atoms with Gasteiger partial charge in [0, 0.05) is 30.5 Å². The summed E-state index contributed by atoms with van der Waals surface area (Å²) in [6.45, 7) is 1.76. The Kier molecular flexibility index (Phi) is 4.93. The van der Waals surface area contributed by atoms with Crippen molar-refractivity contribution >= 4 is 17.2 Å². The summed E-state index contributed by atoms with van der Waals surface area (Å²) in [6, 6.07) is 7.67. The van der Waals surface area contributed by atoms with Crippen molar-refractivity contribution in [3.63, 3.8) is 0 Å². The van der Waals surface area contributed by atoms with Crippen LogP contribution in [-0.4, -0.2) is 40.8 Å². The lowest BCUT2D eigenvalue weighted by Gasteiger charge is -2.32. The number of amides is 1. The van der Waals surface area contributed by atoms with E-state index < -0.39 is 0 Å². The van der Waals surface area contributed by atoms with Crippen LogP contribution in [0.5, 0.6) is 11.5 Å². The number of piperidine rings is 1. The number of aromatic nitrogens is 2. The summed E-state index contributed by atoms with van der Waals surface area (Å²) >= 11 is 1.61. The normalized spacial score (nSPS) is 18.2. The number of benzene rings is 1. The molecule has 5 rings (SSSR count). The molecule has 3 aromatic rings. The van der Waals surface area contributed by atoms with E-state index in [9.17, 15) is 4.79 Å². The van der Waals surface area contributed by atoms with E-state index in [1.807, 2.05) is 39.9 Å². The molecule has 2 aliphatic heterocycles. The highest BCUT2D eigenvalue weighted by Crippen LogP contribution is 2.33. The monoisotopic (exact) mass is 411 g/mol. The van der Waals surface area contributed by atoms with Gasteiger partial charge in [-0.2, -0.15) is 16.3 Å². The molecule has 0 aliphatic carbocycles. The van der Waals surface area contributed by atoms with Crippen LogP contribution in [0.4, 0.5) is 0 Å². The maximum Gasteiger partial charge on any atom is 0.231 e. The number of hydrogen-bond donors (Lipinski definition) is 0. The fourth-order valence-electron chi connectivity index (χ4n) is 3.89. The zero-order valence-corrected chi connectivity index (χ0v) is 16.7. The number of fused-ring (bicyclic) bond motifs is 1. The quantitative estimate of drug-likeness (QED) is 0.639. The molecule has 0 spiro atoms. The first-order valence-corrected chi connectivity index (χ1v) is 10.7. The van der Waals surface area contributed by atoms with E-state index in [1.165, 1.54) is 0 Å². The number of carbonyl (C=O) groups is 1. The molecule has 1 aromatic carbocycles. The predicted octanol–water partition coefficient (Wildman–Crippen LogP) is 3.55. The Bertz CT molecular complexity index is 1000. The number of nitrogens with zero attached hydrogens (tertiary/aromatic N) is 3. The van der Waals surface area contributed by atoms with Gasteiger partial charge < -0.3 is 18.9 Å². The molecule has 4 heterocycles. The van der Waals surface area contributed by atoms with E-state index in [0.717, 1.165) is 42.8 Å². The maximum atomic E-state index is 12.8. The molecule has 0 saturated carbocycles. The van der Waals surface area contributed by atoms with Gasteiger partial charge in [-0.25, -0.2) is 0 Å². The number of thiophene rings is 1. The average Bonchev–Trinajstić information content (AvgIpc) is 3.49. The van der Waals surface area contributed by atoms with Gasteiger partial charge in [-0.1, -0.05) is 11.2 Å². The fraction of sp³-hybridized carbons (Fsp3) is 0.381. The number of ether oxygens (including phenoxy) is 2. The topological polar surface area (TPSA) is 77.7 Å². The lowest BCUT2D eigenvalue weighted by Crippen LogP contribution is -2.41. The third-order valence-electron chi connectivity index (χ3n) is 5.37. The molecule has 0 N–H and O–H groups in total. The van der Waals surface area contributed by atoms with Gasteiger partial charge in [0.2, 0.25) is 24.4 Å². The average molecular weight is 411 g/mol. The Labute approximate surface area is 172 Å². The van der Waals surface area contributed by atoms with Crippen LogP contribution in [-0.2, 0) is 17.6 Å². The minimum atomic E-state index is 0.137. The van der Waals surface area contributed by atoms with Gasteiger partial charge in [0.25, 0.3) is 0 Å². The lowest BCUT2D eigenvalue weighted by molar-refractivity contribution is -0.132. The fourth-order valence-corrected chi connectivity index (χ4v) is 4.52. The van der Waals surface area contributed by atoms with Gasteiger partial charge in [0.15, 0.2) is 11.5 Å². The van der Waals surface area contributed by atoms with E-state index >= 15 is 0 Å². The molecule has 1 unspecified atom stereocenters. The zero-order chi connectivity index (χ0) is 19.6. The molecule has 0 bridgehead atoms. The van der Waals surface area contributed by atoms with E-state index in [-0.39, 0.29) is 12.7 Å². The van der Waals surface area contributed by atoms with E-state index in [4.69, 9.17) is 14.0 Å². The first kappa shape index (κ1) is 18.2. The second-order valence-corrected chi connectivity index (χ2v) is 8.22. The smallest absolute Gasteiger partial charge is 0.231 e. The molecule has 7 nitrogen and oxygen atoms in total. The first-order valence-electron chi connectivity index (χ1n) is 9.76. The summed E-state index contributed by atoms with van der Waals surface area (Å²) in [5.41, 5.74) is 1.92. The molecule has 1 saturated heterocycles. The summed E-state index contributed by atoms with van der Waals surface area (Å²) in [5, 5.41) is 8.08. The summed E-state index contributed by atoms with van der Waals surface area (Å²) in [6.07, 6.45) is 3.12. The standard InChI is InChI=1S/C21H21N3O4S/c25-20(10-14-3-4-17-18(8-14)27-13-26-17)24-6-1-2-15(11-24)9-19-22-21(23-28-19)16-5-7-29-12-16/h3-5,7-8,12,15H,1-2,6,9-11,13H2. The molecular weight excluding hydrogens is 390 g/mol. The molecule has 0 radical (unpaired) electrons. The van der Waals surface area contributed by atoms with Crippen molar-refractivity contribution in [3.05, 3.63) is 46.5 Å². The molecule has 1 fully saturated rings. The molecule has 29 heavy (non-hydrogen) atoms. The molecule has 2 aliphatic rings. The van der Waals surface area contributed by atoms with Gasteiger partial charge in [-0.3, -0.25) is 4.79 Å². The first-order chi connectivity index (χ1) is 14.2. The number of likely N-dealkylation sites (tertiary alicyclic amines) is 1. The van der Waals surface area contributed by atoms with Crippen molar-refractivity contribution < 1.29 is 18.8 Å². The van der Waals surface area contributed by atoms with Crippen LogP contribution in [0.15, 0.2) is 39.5 Å². The third kappa shape index (κ3) is 3.98. The van der Waals surface area contributed by atoms with Gasteiger partial charge in [-0.05, 0) is 47.9 Å². The molecular formula is C21H21N3O4S. The second kappa shape index (κ2) is 7.87. The lowest BCUT2D eigenvalue weighted by atomic mass is 9.94. The summed E-state index contributed by atoms with van der Waals surface area (Å²) < 4.78 is 16.2. The van der Waals surface area contributed by atoms with Crippen molar-refractivity contribution in [3.8, 4) is 22.9 Å². The number of carbonyl (C=O) groups excluding carboxylic acids is 1. The van der Waals surface area contributed by atoms with E-state index in [0.29, 0.717) is 36.2 Å². The largest absolute Gasteiger partial charge is 0.454 e. The number of rotatable bonds is 5. The summed E-state index contributed by atoms with van der Waals surface area (Å²) in [4.78, 5) is 19.3. The van der Waals surface area contributed by atoms with E-state index in [1.54, 1.807) is 11.3 Å². The third-order valence-corrected chi connectivity index (χ3v) is 6.06.